The second-order valence-corrected chi connectivity index (χ2v) is 17.1. The van der Waals surface area contributed by atoms with Crippen LogP contribution in [0.15, 0.2) is 47.5 Å². The van der Waals surface area contributed by atoms with Gasteiger partial charge in [-0.25, -0.2) is 0 Å². The van der Waals surface area contributed by atoms with E-state index in [4.69, 9.17) is 16.6 Å². The number of piperazine rings is 1. The zero-order chi connectivity index (χ0) is 41.4. The summed E-state index contributed by atoms with van der Waals surface area (Å²) in [5, 5.41) is 19.3. The number of rotatable bonds is 13. The molecule has 0 saturated carbocycles. The molecule has 8 rings (SSSR count). The van der Waals surface area contributed by atoms with Crippen LogP contribution in [0.4, 0.5) is 5.69 Å². The lowest BCUT2D eigenvalue weighted by atomic mass is 9.99. The van der Waals surface area contributed by atoms with E-state index in [0.717, 1.165) is 90.2 Å². The summed E-state index contributed by atoms with van der Waals surface area (Å²) in [4.78, 5) is 76.3. The Labute approximate surface area is 351 Å². The van der Waals surface area contributed by atoms with Crippen molar-refractivity contribution in [3.63, 3.8) is 0 Å². The van der Waals surface area contributed by atoms with E-state index < -0.39 is 35.7 Å². The standard InChI is InChI=1S/C42H47ClN10O5S/c1-24-25(2)59-42-35(24)37(27-9-11-28(43)12-10-27)46-31(38-49-48-26(3)52(38)42)23-34(55)45-16-6-18-51-21-19-50(20-22-51)17-5-15-44-30-8-4-7-29-36(30)41(58)53(40(29)57)32-13-14-33(54)47-39(32)56/h4,7-12,31-32,44H,5-6,13-23H2,1-3H3,(H,45,55)(H,47,54,56)/t31-,32?/m0/s1. The first-order chi connectivity index (χ1) is 28.5. The normalized spacial score (nSPS) is 19.5. The molecular formula is C42H47ClN10O5S. The number of anilines is 1. The van der Waals surface area contributed by atoms with Gasteiger partial charge in [0.1, 0.15) is 22.9 Å². The van der Waals surface area contributed by atoms with Crippen molar-refractivity contribution in [1.82, 2.24) is 40.1 Å². The highest BCUT2D eigenvalue weighted by molar-refractivity contribution is 7.15. The van der Waals surface area contributed by atoms with Gasteiger partial charge in [-0.15, -0.1) is 21.5 Å². The van der Waals surface area contributed by atoms with Crippen molar-refractivity contribution in [2.45, 2.75) is 65.0 Å². The topological polar surface area (TPSA) is 174 Å². The van der Waals surface area contributed by atoms with Crippen LogP contribution >= 0.6 is 22.9 Å². The number of aliphatic imine (C=N–C) groups is 1. The van der Waals surface area contributed by atoms with Crippen LogP contribution in [-0.2, 0) is 14.4 Å². The molecule has 4 aliphatic heterocycles. The molecule has 1 unspecified atom stereocenters. The van der Waals surface area contributed by atoms with Crippen LogP contribution in [0, 0.1) is 20.8 Å². The second kappa shape index (κ2) is 17.1. The molecule has 2 atom stereocenters. The monoisotopic (exact) mass is 838 g/mol. The molecule has 0 radical (unpaired) electrons. The highest BCUT2D eigenvalue weighted by Crippen LogP contribution is 2.40. The maximum Gasteiger partial charge on any atom is 0.264 e. The Morgan fingerprint density at radius 3 is 2.32 bits per heavy atom. The minimum absolute atomic E-state index is 0.0794. The first-order valence-electron chi connectivity index (χ1n) is 20.1. The van der Waals surface area contributed by atoms with Crippen LogP contribution in [0.3, 0.4) is 0 Å². The van der Waals surface area contributed by atoms with Gasteiger partial charge in [0, 0.05) is 72.4 Å². The third kappa shape index (κ3) is 8.18. The molecular weight excluding hydrogens is 792 g/mol. The van der Waals surface area contributed by atoms with Crippen molar-refractivity contribution in [3.8, 4) is 5.00 Å². The SMILES string of the molecule is Cc1sc2c(c1C)C(c1ccc(Cl)cc1)=N[C@@H](CC(=O)NCCCN1CCN(CCCNc3cccc4c3C(=O)N(C3CCC(=O)NC3=O)C4=O)CC1)c1nnc(C)n1-2. The summed E-state index contributed by atoms with van der Waals surface area (Å²) >= 11 is 7.93. The Kier molecular flexibility index (Phi) is 11.8. The molecule has 3 N–H and O–H groups in total. The van der Waals surface area contributed by atoms with E-state index in [0.29, 0.717) is 29.6 Å². The van der Waals surface area contributed by atoms with Crippen molar-refractivity contribution in [3.05, 3.63) is 91.8 Å². The number of nitrogens with zero attached hydrogens (tertiary/aromatic N) is 7. The summed E-state index contributed by atoms with van der Waals surface area (Å²) in [7, 11) is 0. The van der Waals surface area contributed by atoms with Crippen LogP contribution in [0.25, 0.3) is 5.00 Å². The van der Waals surface area contributed by atoms with Gasteiger partial charge in [0.2, 0.25) is 17.7 Å². The number of nitrogens with one attached hydrogen (secondary N) is 3. The van der Waals surface area contributed by atoms with Gasteiger partial charge >= 0.3 is 0 Å². The second-order valence-electron chi connectivity index (χ2n) is 15.5. The van der Waals surface area contributed by atoms with Gasteiger partial charge in [-0.1, -0.05) is 29.8 Å². The Morgan fingerprint density at radius 1 is 0.898 bits per heavy atom. The quantitative estimate of drug-likeness (QED) is 0.131. The number of hydrogen-bond acceptors (Lipinski definition) is 12. The average molecular weight is 839 g/mol. The number of piperidine rings is 1. The Hall–Kier alpha value is -5.29. The third-order valence-corrected chi connectivity index (χ3v) is 13.1. The van der Waals surface area contributed by atoms with E-state index in [-0.39, 0.29) is 36.3 Å². The largest absolute Gasteiger partial charge is 0.384 e. The van der Waals surface area contributed by atoms with E-state index in [1.165, 1.54) is 4.88 Å². The van der Waals surface area contributed by atoms with Gasteiger partial charge in [-0.3, -0.25) is 43.7 Å². The van der Waals surface area contributed by atoms with E-state index in [1.807, 2.05) is 31.2 Å². The number of hydrogen-bond donors (Lipinski definition) is 3. The number of amides is 5. The van der Waals surface area contributed by atoms with Crippen LogP contribution in [0.1, 0.15) is 92.1 Å². The number of thiophene rings is 1. The number of imide groups is 2. The lowest BCUT2D eigenvalue weighted by molar-refractivity contribution is -0.136. The van der Waals surface area contributed by atoms with Crippen molar-refractivity contribution < 1.29 is 24.0 Å². The van der Waals surface area contributed by atoms with Gasteiger partial charge in [0.15, 0.2) is 5.82 Å². The molecule has 0 spiro atoms. The van der Waals surface area contributed by atoms with Crippen molar-refractivity contribution in [2.75, 3.05) is 57.7 Å². The smallest absolute Gasteiger partial charge is 0.264 e. The number of halogens is 1. The number of aromatic nitrogens is 3. The summed E-state index contributed by atoms with van der Waals surface area (Å²) in [6.07, 6.45) is 2.02. The minimum Gasteiger partial charge on any atom is -0.384 e. The first kappa shape index (κ1) is 40.5. The number of aryl methyl sites for hydroxylation is 2. The highest BCUT2D eigenvalue weighted by Gasteiger charge is 2.45. The molecule has 17 heteroatoms. The maximum absolute atomic E-state index is 13.4. The minimum atomic E-state index is -0.994. The van der Waals surface area contributed by atoms with Crippen LogP contribution in [0.5, 0.6) is 0 Å². The number of benzene rings is 2. The summed E-state index contributed by atoms with van der Waals surface area (Å²) in [6, 6.07) is 11.3. The zero-order valence-corrected chi connectivity index (χ0v) is 34.9. The fourth-order valence-electron chi connectivity index (χ4n) is 8.34. The molecule has 4 aliphatic rings. The van der Waals surface area contributed by atoms with Gasteiger partial charge in [-0.2, -0.15) is 0 Å². The lowest BCUT2D eigenvalue weighted by Gasteiger charge is -2.34. The molecule has 15 nitrogen and oxygen atoms in total. The summed E-state index contributed by atoms with van der Waals surface area (Å²) in [6.45, 7) is 12.8. The molecule has 2 saturated heterocycles. The van der Waals surface area contributed by atoms with Gasteiger partial charge in [-0.05, 0) is 83.0 Å². The van der Waals surface area contributed by atoms with Crippen molar-refractivity contribution in [1.29, 1.82) is 0 Å². The van der Waals surface area contributed by atoms with E-state index >= 15 is 0 Å². The molecule has 5 amide bonds. The van der Waals surface area contributed by atoms with Crippen molar-refractivity contribution in [2.24, 2.45) is 4.99 Å². The number of carbonyl (C=O) groups is 5. The number of fused-ring (bicyclic) bond motifs is 4. The van der Waals surface area contributed by atoms with E-state index in [2.05, 4.69) is 54.4 Å². The predicted octanol–water partition coefficient (Wildman–Crippen LogP) is 4.22. The fraction of sp³-hybridized carbons (Fsp3) is 0.429. The molecule has 59 heavy (non-hydrogen) atoms. The van der Waals surface area contributed by atoms with Crippen LogP contribution in [-0.4, -0.2) is 123 Å². The first-order valence-corrected chi connectivity index (χ1v) is 21.3. The van der Waals surface area contributed by atoms with E-state index in [9.17, 15) is 24.0 Å². The van der Waals surface area contributed by atoms with Gasteiger partial charge in [0.05, 0.1) is 23.3 Å². The molecule has 4 aromatic rings. The molecule has 0 aliphatic carbocycles. The molecule has 2 aromatic carbocycles. The molecule has 6 heterocycles. The molecule has 308 valence electrons. The highest BCUT2D eigenvalue weighted by atomic mass is 35.5. The fourth-order valence-corrected chi connectivity index (χ4v) is 9.68. The molecule has 2 aromatic heterocycles. The maximum atomic E-state index is 13.4. The van der Waals surface area contributed by atoms with Crippen LogP contribution < -0.4 is 16.0 Å². The molecule has 0 bridgehead atoms. The van der Waals surface area contributed by atoms with Crippen molar-refractivity contribution >= 4 is 63.9 Å². The summed E-state index contributed by atoms with van der Waals surface area (Å²) in [5.74, 6) is -0.719. The summed E-state index contributed by atoms with van der Waals surface area (Å²) < 4.78 is 2.06. The third-order valence-electron chi connectivity index (χ3n) is 11.6. The molecule has 2 fully saturated rings. The van der Waals surface area contributed by atoms with Gasteiger partial charge in [0.25, 0.3) is 11.8 Å². The Morgan fingerprint density at radius 2 is 1.61 bits per heavy atom. The van der Waals surface area contributed by atoms with Crippen LogP contribution in [0.2, 0.25) is 5.02 Å². The summed E-state index contributed by atoms with van der Waals surface area (Å²) in [5.41, 5.74) is 5.04. The lowest BCUT2D eigenvalue weighted by Crippen LogP contribution is -2.54. The van der Waals surface area contributed by atoms with E-state index in [1.54, 1.807) is 29.5 Å². The Balaban J connectivity index is 0.785. The Bertz CT molecular complexity index is 2350. The number of carbonyl (C=O) groups excluding carboxylic acids is 5. The zero-order valence-electron chi connectivity index (χ0n) is 33.3. The van der Waals surface area contributed by atoms with Gasteiger partial charge < -0.3 is 20.4 Å². The predicted molar refractivity (Wildman–Crippen MR) is 225 cm³/mol. The average Bonchev–Trinajstić information content (AvgIpc) is 3.80.